The average molecular weight is 380 g/mol. The topological polar surface area (TPSA) is 69.3 Å². The van der Waals surface area contributed by atoms with Crippen LogP contribution in [0.15, 0.2) is 36.5 Å². The third-order valence-electron chi connectivity index (χ3n) is 5.76. The summed E-state index contributed by atoms with van der Waals surface area (Å²) in [5.41, 5.74) is 1.76. The molecule has 2 amide bonds. The second-order valence-corrected chi connectivity index (χ2v) is 7.43. The van der Waals surface area contributed by atoms with Gasteiger partial charge >= 0.3 is 0 Å². The highest BCUT2D eigenvalue weighted by Crippen LogP contribution is 2.33. The largest absolute Gasteiger partial charge is 0.345 e. The van der Waals surface area contributed by atoms with Gasteiger partial charge in [-0.25, -0.2) is 4.39 Å². The summed E-state index contributed by atoms with van der Waals surface area (Å²) in [6.07, 6.45) is 3.27. The smallest absolute Gasteiger partial charge is 0.270 e. The molecule has 144 valence electrons. The Balaban J connectivity index is 1.47. The zero-order chi connectivity index (χ0) is 19.8. The summed E-state index contributed by atoms with van der Waals surface area (Å²) in [5, 5.41) is 9.05. The Bertz CT molecular complexity index is 977. The van der Waals surface area contributed by atoms with Crippen LogP contribution in [0.4, 0.5) is 4.39 Å². The molecule has 0 N–H and O–H groups in total. The maximum Gasteiger partial charge on any atom is 0.270 e. The van der Waals surface area contributed by atoms with Crippen LogP contribution in [0.3, 0.4) is 0 Å². The van der Waals surface area contributed by atoms with E-state index in [1.54, 1.807) is 34.8 Å². The van der Waals surface area contributed by atoms with Crippen LogP contribution in [-0.2, 0) is 18.3 Å². The Kier molecular flexibility index (Phi) is 4.63. The van der Waals surface area contributed by atoms with E-state index >= 15 is 0 Å². The van der Waals surface area contributed by atoms with E-state index in [0.717, 1.165) is 12.0 Å². The minimum absolute atomic E-state index is 0.000662. The first-order chi connectivity index (χ1) is 13.5. The van der Waals surface area contributed by atoms with Gasteiger partial charge in [0.1, 0.15) is 17.6 Å². The summed E-state index contributed by atoms with van der Waals surface area (Å²) in [7, 11) is 1.74. The Morgan fingerprint density at radius 3 is 2.86 bits per heavy atom. The summed E-state index contributed by atoms with van der Waals surface area (Å²) in [4.78, 5) is 29.2. The van der Waals surface area contributed by atoms with Gasteiger partial charge in [-0.1, -0.05) is 12.1 Å². The monoisotopic (exact) mass is 380 g/mol. The zero-order valence-corrected chi connectivity index (χ0v) is 15.6. The molecule has 4 rings (SSSR count). The van der Waals surface area contributed by atoms with Crippen LogP contribution in [0, 0.1) is 17.1 Å². The van der Waals surface area contributed by atoms with Crippen molar-refractivity contribution in [2.45, 2.75) is 31.3 Å². The lowest BCUT2D eigenvalue weighted by atomic mass is 10.1. The molecule has 0 saturated carbocycles. The van der Waals surface area contributed by atoms with Gasteiger partial charge in [-0.15, -0.1) is 0 Å². The highest BCUT2D eigenvalue weighted by molar-refractivity contribution is 5.94. The predicted molar refractivity (Wildman–Crippen MR) is 99.8 cm³/mol. The van der Waals surface area contributed by atoms with Gasteiger partial charge in [0.2, 0.25) is 5.91 Å². The van der Waals surface area contributed by atoms with Gasteiger partial charge < -0.3 is 14.4 Å². The normalized spacial score (nSPS) is 21.1. The van der Waals surface area contributed by atoms with Crippen LogP contribution in [0.2, 0.25) is 0 Å². The Hall–Kier alpha value is -3.14. The van der Waals surface area contributed by atoms with Gasteiger partial charge in [0.05, 0.1) is 17.6 Å². The van der Waals surface area contributed by atoms with Gasteiger partial charge in [0.25, 0.3) is 5.91 Å². The number of aryl methyl sites for hydroxylation is 1. The molecule has 0 radical (unpaired) electrons. The number of aromatic nitrogens is 1. The van der Waals surface area contributed by atoms with Gasteiger partial charge in [-0.05, 0) is 36.6 Å². The molecule has 2 aromatic rings. The fourth-order valence-corrected chi connectivity index (χ4v) is 4.40. The highest BCUT2D eigenvalue weighted by atomic mass is 19.1. The van der Waals surface area contributed by atoms with Crippen LogP contribution in [0.1, 0.15) is 34.5 Å². The van der Waals surface area contributed by atoms with Crippen LogP contribution in [-0.4, -0.2) is 51.4 Å². The first kappa shape index (κ1) is 18.2. The van der Waals surface area contributed by atoms with Crippen molar-refractivity contribution in [3.8, 4) is 6.07 Å². The molecule has 7 heteroatoms. The maximum atomic E-state index is 13.4. The van der Waals surface area contributed by atoms with Crippen LogP contribution < -0.4 is 0 Å². The van der Waals surface area contributed by atoms with Crippen molar-refractivity contribution in [1.29, 1.82) is 5.26 Å². The van der Waals surface area contributed by atoms with E-state index in [1.165, 1.54) is 12.1 Å². The van der Waals surface area contributed by atoms with Crippen molar-refractivity contribution in [1.82, 2.24) is 14.4 Å². The molecule has 0 bridgehead atoms. The zero-order valence-electron chi connectivity index (χ0n) is 15.6. The molecule has 1 aromatic carbocycles. The van der Waals surface area contributed by atoms with Crippen molar-refractivity contribution in [3.05, 3.63) is 59.2 Å². The molecular weight excluding hydrogens is 359 g/mol. The molecule has 6 nitrogen and oxygen atoms in total. The molecule has 0 spiro atoms. The number of amides is 2. The fourth-order valence-electron chi connectivity index (χ4n) is 4.40. The number of fused-ring (bicyclic) bond motifs is 1. The van der Waals surface area contributed by atoms with E-state index < -0.39 is 0 Å². The second-order valence-electron chi connectivity index (χ2n) is 7.43. The number of carbonyl (C=O) groups is 2. The van der Waals surface area contributed by atoms with E-state index in [1.807, 2.05) is 17.0 Å². The molecule has 0 unspecified atom stereocenters. The van der Waals surface area contributed by atoms with Crippen molar-refractivity contribution in [2.75, 3.05) is 13.1 Å². The average Bonchev–Trinajstić information content (AvgIpc) is 3.33. The Morgan fingerprint density at radius 2 is 2.14 bits per heavy atom. The number of hydrogen-bond donors (Lipinski definition) is 0. The third kappa shape index (κ3) is 3.15. The number of nitrogens with zero attached hydrogens (tertiary/aromatic N) is 4. The Morgan fingerprint density at radius 1 is 1.32 bits per heavy atom. The van der Waals surface area contributed by atoms with E-state index in [-0.39, 0.29) is 29.7 Å². The van der Waals surface area contributed by atoms with Gasteiger partial charge in [-0.2, -0.15) is 5.26 Å². The third-order valence-corrected chi connectivity index (χ3v) is 5.76. The SMILES string of the molecule is Cn1cc(C#N)cc1C(=O)N1CC[C@H]2[C@@H]1CC(=O)N2CCc1cccc(F)c1. The van der Waals surface area contributed by atoms with Gasteiger partial charge in [0.15, 0.2) is 0 Å². The van der Waals surface area contributed by atoms with Crippen LogP contribution >= 0.6 is 0 Å². The minimum Gasteiger partial charge on any atom is -0.345 e. The number of benzene rings is 1. The number of halogens is 1. The van der Waals surface area contributed by atoms with Crippen LogP contribution in [0.5, 0.6) is 0 Å². The highest BCUT2D eigenvalue weighted by Gasteiger charge is 2.48. The van der Waals surface area contributed by atoms with E-state index in [4.69, 9.17) is 5.26 Å². The van der Waals surface area contributed by atoms with E-state index in [2.05, 4.69) is 0 Å². The minimum atomic E-state index is -0.278. The number of hydrogen-bond acceptors (Lipinski definition) is 3. The van der Waals surface area contributed by atoms with Gasteiger partial charge in [-0.3, -0.25) is 9.59 Å². The van der Waals surface area contributed by atoms with Gasteiger partial charge in [0, 0.05) is 32.8 Å². The number of likely N-dealkylation sites (tertiary alicyclic amines) is 2. The molecule has 1 aromatic heterocycles. The molecule has 2 aliphatic heterocycles. The molecule has 3 heterocycles. The lowest BCUT2D eigenvalue weighted by Crippen LogP contribution is -2.40. The van der Waals surface area contributed by atoms with E-state index in [9.17, 15) is 14.0 Å². The first-order valence-electron chi connectivity index (χ1n) is 9.39. The molecule has 2 saturated heterocycles. The molecule has 2 fully saturated rings. The summed E-state index contributed by atoms with van der Waals surface area (Å²) in [6, 6.07) is 9.92. The maximum absolute atomic E-state index is 13.4. The van der Waals surface area contributed by atoms with Crippen molar-refractivity contribution in [3.63, 3.8) is 0 Å². The quantitative estimate of drug-likeness (QED) is 0.816. The number of nitriles is 1. The number of carbonyl (C=O) groups excluding carboxylic acids is 2. The van der Waals surface area contributed by atoms with Crippen molar-refractivity contribution < 1.29 is 14.0 Å². The summed E-state index contributed by atoms with van der Waals surface area (Å²) in [5.74, 6) is -0.384. The molecular formula is C21H21FN4O2. The summed E-state index contributed by atoms with van der Waals surface area (Å²) >= 11 is 0. The Labute approximate surface area is 162 Å². The van der Waals surface area contributed by atoms with E-state index in [0.29, 0.717) is 37.2 Å². The summed E-state index contributed by atoms with van der Waals surface area (Å²) in [6.45, 7) is 1.11. The molecule has 0 aliphatic carbocycles. The van der Waals surface area contributed by atoms with Crippen molar-refractivity contribution in [2.24, 2.45) is 7.05 Å². The molecule has 2 atom stereocenters. The first-order valence-corrected chi connectivity index (χ1v) is 9.39. The van der Waals surface area contributed by atoms with Crippen molar-refractivity contribution >= 4 is 11.8 Å². The molecule has 2 aliphatic rings. The number of rotatable bonds is 4. The second kappa shape index (κ2) is 7.12. The summed E-state index contributed by atoms with van der Waals surface area (Å²) < 4.78 is 15.0. The predicted octanol–water partition coefficient (Wildman–Crippen LogP) is 2.09. The van der Waals surface area contributed by atoms with Crippen LogP contribution in [0.25, 0.3) is 0 Å². The molecule has 28 heavy (non-hydrogen) atoms. The fraction of sp³-hybridized carbons (Fsp3) is 0.381. The standard InChI is InChI=1S/C21H21FN4O2/c1-24-13-15(12-23)10-19(24)21(28)26-8-6-17-18(26)11-20(27)25(17)7-5-14-3-2-4-16(22)9-14/h2-4,9-10,13,17-18H,5-8,11H2,1H3/t17-,18-/m0/s1. The lowest BCUT2D eigenvalue weighted by Gasteiger charge is -2.25. The lowest BCUT2D eigenvalue weighted by molar-refractivity contribution is -0.129.